The summed E-state index contributed by atoms with van der Waals surface area (Å²) in [5, 5.41) is 14.3. The molecule has 0 spiro atoms. The van der Waals surface area contributed by atoms with Gasteiger partial charge in [-0.1, -0.05) is 16.3 Å². The van der Waals surface area contributed by atoms with Gasteiger partial charge < -0.3 is 14.9 Å². The summed E-state index contributed by atoms with van der Waals surface area (Å²) in [6, 6.07) is 1.66. The maximum Gasteiger partial charge on any atom is 0.269 e. The molecule has 0 bridgehead atoms. The number of carboxylic acid groups (broad SMARTS) is 1. The molecule has 0 amide bonds. The summed E-state index contributed by atoms with van der Waals surface area (Å²) in [7, 11) is 0. The number of hydrogen-bond donors (Lipinski definition) is 1. The van der Waals surface area contributed by atoms with E-state index in [9.17, 15) is 14.7 Å². The molecule has 2 heterocycles. The quantitative estimate of drug-likeness (QED) is 0.717. The van der Waals surface area contributed by atoms with Crippen LogP contribution in [0.15, 0.2) is 29.5 Å². The first-order valence-electron chi connectivity index (χ1n) is 5.37. The minimum atomic E-state index is -1.14. The molecule has 8 heteroatoms. The molecule has 0 saturated heterocycles. The first-order chi connectivity index (χ1) is 9.06. The Balaban J connectivity index is 2.20. The van der Waals surface area contributed by atoms with E-state index in [-0.39, 0.29) is 18.0 Å². The van der Waals surface area contributed by atoms with Crippen LogP contribution >= 0.6 is 11.6 Å². The lowest BCUT2D eigenvalue weighted by Crippen LogP contribution is -2.40. The number of carbonyl (C=O) groups excluding carboxylic acids is 1. The Morgan fingerprint density at radius 1 is 1.47 bits per heavy atom. The van der Waals surface area contributed by atoms with E-state index in [1.807, 2.05) is 0 Å². The van der Waals surface area contributed by atoms with Crippen LogP contribution in [0.2, 0.25) is 5.02 Å². The summed E-state index contributed by atoms with van der Waals surface area (Å²) in [6.45, 7) is 0.215. The van der Waals surface area contributed by atoms with Gasteiger partial charge in [-0.25, -0.2) is 4.98 Å². The molecule has 19 heavy (non-hydrogen) atoms. The highest BCUT2D eigenvalue weighted by Gasteiger charge is 2.07. The molecule has 2 aromatic rings. The van der Waals surface area contributed by atoms with E-state index >= 15 is 0 Å². The standard InChI is InChI=1S/C11H9ClN4O3/c12-8-6-13-10(15-11(8)19)7-1-3-16(14-5-7)4-2-9(17)18/h1,3,5-6H,2,4H2,(H-,13,15,17,18,19). The van der Waals surface area contributed by atoms with Gasteiger partial charge in [0.15, 0.2) is 12.7 Å². The molecule has 7 nitrogen and oxygen atoms in total. The van der Waals surface area contributed by atoms with Crippen molar-refractivity contribution in [2.45, 2.75) is 13.0 Å². The van der Waals surface area contributed by atoms with E-state index in [2.05, 4.69) is 15.1 Å². The lowest BCUT2D eigenvalue weighted by molar-refractivity contribution is -0.753. The van der Waals surface area contributed by atoms with Crippen molar-refractivity contribution in [3.63, 3.8) is 0 Å². The smallest absolute Gasteiger partial charge is 0.269 e. The summed E-state index contributed by atoms with van der Waals surface area (Å²) in [5.41, 5.74) is 0.166. The molecule has 0 aliphatic carbocycles. The van der Waals surface area contributed by atoms with Crippen LogP contribution in [0.4, 0.5) is 0 Å². The van der Waals surface area contributed by atoms with Crippen LogP contribution in [0, 0.1) is 0 Å². The van der Waals surface area contributed by atoms with Gasteiger partial charge in [0.25, 0.3) is 5.56 Å². The predicted molar refractivity (Wildman–Crippen MR) is 62.9 cm³/mol. The Kier molecular flexibility index (Phi) is 3.86. The van der Waals surface area contributed by atoms with E-state index in [0.29, 0.717) is 11.4 Å². The molecular weight excluding hydrogens is 272 g/mol. The number of aryl methyl sites for hydroxylation is 1. The van der Waals surface area contributed by atoms with Gasteiger partial charge in [-0.2, -0.15) is 0 Å². The van der Waals surface area contributed by atoms with Gasteiger partial charge in [-0.15, -0.1) is 0 Å². The van der Waals surface area contributed by atoms with Crippen molar-refractivity contribution in [2.24, 2.45) is 0 Å². The zero-order valence-corrected chi connectivity index (χ0v) is 10.4. The fraction of sp³-hybridized carbons (Fsp3) is 0.182. The van der Waals surface area contributed by atoms with Gasteiger partial charge in [0.05, 0.1) is 6.20 Å². The summed E-state index contributed by atoms with van der Waals surface area (Å²) in [6.07, 6.45) is 4.20. The minimum Gasteiger partial charge on any atom is -0.550 e. The monoisotopic (exact) mass is 280 g/mol. The summed E-state index contributed by atoms with van der Waals surface area (Å²) >= 11 is 5.58. The van der Waals surface area contributed by atoms with E-state index in [1.165, 1.54) is 17.1 Å². The van der Waals surface area contributed by atoms with Crippen molar-refractivity contribution in [2.75, 3.05) is 0 Å². The number of carboxylic acids is 1. The van der Waals surface area contributed by atoms with Crippen LogP contribution in [-0.2, 0) is 11.3 Å². The van der Waals surface area contributed by atoms with E-state index < -0.39 is 11.5 Å². The fourth-order valence-electron chi connectivity index (χ4n) is 1.39. The van der Waals surface area contributed by atoms with Crippen molar-refractivity contribution >= 4 is 17.6 Å². The Bertz CT molecular complexity index is 654. The van der Waals surface area contributed by atoms with E-state index in [4.69, 9.17) is 11.6 Å². The molecule has 0 saturated carbocycles. The first-order valence-corrected chi connectivity index (χ1v) is 5.75. The van der Waals surface area contributed by atoms with E-state index in [1.54, 1.807) is 12.3 Å². The SMILES string of the molecule is O=C([O-])CC[n+]1ccc(-c2ncc(Cl)c(=O)[nH]2)cn1. The molecular formula is C11H9ClN4O3. The summed E-state index contributed by atoms with van der Waals surface area (Å²) < 4.78 is 1.45. The zero-order valence-electron chi connectivity index (χ0n) is 9.67. The van der Waals surface area contributed by atoms with Gasteiger partial charge in [-0.05, 0) is 5.10 Å². The number of hydrogen-bond acceptors (Lipinski definition) is 5. The number of H-pyrrole nitrogens is 1. The molecule has 0 fully saturated rings. The second kappa shape index (κ2) is 5.57. The van der Waals surface area contributed by atoms with Crippen LogP contribution in [0.1, 0.15) is 6.42 Å². The van der Waals surface area contributed by atoms with Gasteiger partial charge in [0, 0.05) is 24.0 Å². The average molecular weight is 281 g/mol. The average Bonchev–Trinajstić information content (AvgIpc) is 2.40. The van der Waals surface area contributed by atoms with Crippen LogP contribution in [-0.4, -0.2) is 21.0 Å². The van der Waals surface area contributed by atoms with Crippen LogP contribution in [0.25, 0.3) is 11.4 Å². The van der Waals surface area contributed by atoms with Gasteiger partial charge in [0.2, 0.25) is 0 Å². The molecule has 1 N–H and O–H groups in total. The Morgan fingerprint density at radius 2 is 2.26 bits per heavy atom. The van der Waals surface area contributed by atoms with Crippen LogP contribution < -0.4 is 15.3 Å². The van der Waals surface area contributed by atoms with Crippen molar-refractivity contribution in [3.05, 3.63) is 40.0 Å². The lowest BCUT2D eigenvalue weighted by Gasteiger charge is -2.00. The number of carbonyl (C=O) groups is 1. The molecule has 0 unspecified atom stereocenters. The highest BCUT2D eigenvalue weighted by atomic mass is 35.5. The van der Waals surface area contributed by atoms with Crippen molar-refractivity contribution in [3.8, 4) is 11.4 Å². The molecule has 0 aliphatic heterocycles. The third-order valence-corrected chi connectivity index (χ3v) is 2.61. The Morgan fingerprint density at radius 3 is 2.84 bits per heavy atom. The maximum atomic E-state index is 11.3. The molecule has 0 aliphatic rings. The van der Waals surface area contributed by atoms with Gasteiger partial charge in [-0.3, -0.25) is 4.79 Å². The fourth-order valence-corrected chi connectivity index (χ4v) is 1.48. The minimum absolute atomic E-state index is 0.0108. The van der Waals surface area contributed by atoms with Gasteiger partial charge in [0.1, 0.15) is 17.0 Å². The number of nitrogens with zero attached hydrogens (tertiary/aromatic N) is 3. The predicted octanol–water partition coefficient (Wildman–Crippen LogP) is -1.09. The molecule has 98 valence electrons. The van der Waals surface area contributed by atoms with Crippen molar-refractivity contribution in [1.82, 2.24) is 15.1 Å². The lowest BCUT2D eigenvalue weighted by atomic mass is 10.3. The molecule has 2 rings (SSSR count). The van der Waals surface area contributed by atoms with Crippen LogP contribution in [0.5, 0.6) is 0 Å². The third kappa shape index (κ3) is 3.35. The summed E-state index contributed by atoms with van der Waals surface area (Å²) in [5.74, 6) is -0.795. The topological polar surface area (TPSA) is 103 Å². The Hall–Kier alpha value is -2.28. The van der Waals surface area contributed by atoms with Crippen molar-refractivity contribution < 1.29 is 14.6 Å². The zero-order chi connectivity index (χ0) is 13.8. The molecule has 0 radical (unpaired) electrons. The molecule has 2 aromatic heterocycles. The number of aliphatic carboxylic acids is 1. The highest BCUT2D eigenvalue weighted by molar-refractivity contribution is 6.30. The number of aromatic amines is 1. The molecule has 0 atom stereocenters. The third-order valence-electron chi connectivity index (χ3n) is 2.35. The first kappa shape index (κ1) is 13.2. The number of rotatable bonds is 4. The van der Waals surface area contributed by atoms with Crippen LogP contribution in [0.3, 0.4) is 0 Å². The summed E-state index contributed by atoms with van der Waals surface area (Å²) in [4.78, 5) is 28.1. The van der Waals surface area contributed by atoms with Crippen molar-refractivity contribution in [1.29, 1.82) is 0 Å². The van der Waals surface area contributed by atoms with Gasteiger partial charge >= 0.3 is 0 Å². The number of aromatic nitrogens is 4. The maximum absolute atomic E-state index is 11.3. The second-order valence-corrected chi connectivity index (χ2v) is 4.12. The number of nitrogens with one attached hydrogen (secondary N) is 1. The molecule has 0 aromatic carbocycles. The highest BCUT2D eigenvalue weighted by Crippen LogP contribution is 2.10. The Labute approximate surface area is 112 Å². The largest absolute Gasteiger partial charge is 0.550 e. The second-order valence-electron chi connectivity index (χ2n) is 3.71. The number of halogens is 1. The van der Waals surface area contributed by atoms with E-state index in [0.717, 1.165) is 0 Å². The normalized spacial score (nSPS) is 10.4.